The molecule has 1 aliphatic rings. The van der Waals surface area contributed by atoms with E-state index >= 15 is 0 Å². The van der Waals surface area contributed by atoms with E-state index in [0.29, 0.717) is 5.92 Å². The maximum Gasteiger partial charge on any atom is 0.0834 e. The second-order valence-corrected chi connectivity index (χ2v) is 6.05. The van der Waals surface area contributed by atoms with Crippen molar-refractivity contribution >= 4 is 11.6 Å². The molecule has 0 aliphatic heterocycles. The molecule has 0 amide bonds. The molecule has 1 aromatic carbocycles. The summed E-state index contributed by atoms with van der Waals surface area (Å²) < 4.78 is 2.07. The molecule has 0 radical (unpaired) electrons. The van der Waals surface area contributed by atoms with Gasteiger partial charge in [-0.15, -0.1) is 0 Å². The van der Waals surface area contributed by atoms with Crippen LogP contribution in [0.2, 0.25) is 5.02 Å². The van der Waals surface area contributed by atoms with Gasteiger partial charge in [0.15, 0.2) is 0 Å². The molecule has 1 N–H and O–H groups in total. The van der Waals surface area contributed by atoms with Gasteiger partial charge in [-0.05, 0) is 30.5 Å². The maximum atomic E-state index is 6.44. The number of halogens is 1. The summed E-state index contributed by atoms with van der Waals surface area (Å²) in [7, 11) is 0. The van der Waals surface area contributed by atoms with E-state index in [1.54, 1.807) is 6.20 Å². The average molecular weight is 304 g/mol. The zero-order chi connectivity index (χ0) is 14.8. The zero-order valence-electron chi connectivity index (χ0n) is 12.6. The highest BCUT2D eigenvalue weighted by Crippen LogP contribution is 2.44. The van der Waals surface area contributed by atoms with Gasteiger partial charge in [0, 0.05) is 12.5 Å². The minimum absolute atomic E-state index is 0.242. The highest BCUT2D eigenvalue weighted by atomic mass is 35.5. The second kappa shape index (κ2) is 6.20. The van der Waals surface area contributed by atoms with Crippen molar-refractivity contribution in [1.29, 1.82) is 0 Å². The number of nitrogens with zero attached hydrogens (tertiary/aromatic N) is 2. The summed E-state index contributed by atoms with van der Waals surface area (Å²) in [4.78, 5) is 0. The van der Waals surface area contributed by atoms with Crippen molar-refractivity contribution in [2.24, 2.45) is 0 Å². The Hall–Kier alpha value is -1.32. The van der Waals surface area contributed by atoms with E-state index < -0.39 is 0 Å². The number of rotatable bonds is 6. The predicted molar refractivity (Wildman–Crippen MR) is 86.8 cm³/mol. The van der Waals surface area contributed by atoms with Crippen LogP contribution in [-0.4, -0.2) is 16.3 Å². The van der Waals surface area contributed by atoms with Gasteiger partial charge in [-0.25, -0.2) is 0 Å². The smallest absolute Gasteiger partial charge is 0.0834 e. The van der Waals surface area contributed by atoms with Gasteiger partial charge < -0.3 is 5.32 Å². The van der Waals surface area contributed by atoms with Crippen LogP contribution in [0.25, 0.3) is 0 Å². The molecule has 3 nitrogen and oxygen atoms in total. The fourth-order valence-electron chi connectivity index (χ4n) is 3.32. The Morgan fingerprint density at radius 2 is 2.19 bits per heavy atom. The molecule has 21 heavy (non-hydrogen) atoms. The highest BCUT2D eigenvalue weighted by Gasteiger charge is 2.36. The van der Waals surface area contributed by atoms with Crippen molar-refractivity contribution < 1.29 is 0 Å². The molecule has 112 valence electrons. The lowest BCUT2D eigenvalue weighted by molar-refractivity contribution is 0.389. The highest BCUT2D eigenvalue weighted by molar-refractivity contribution is 6.31. The quantitative estimate of drug-likeness (QED) is 0.876. The summed E-state index contributed by atoms with van der Waals surface area (Å²) in [6.45, 7) is 6.15. The third kappa shape index (κ3) is 2.60. The van der Waals surface area contributed by atoms with Crippen molar-refractivity contribution in [1.82, 2.24) is 15.1 Å². The van der Waals surface area contributed by atoms with Crippen molar-refractivity contribution in [2.45, 2.75) is 45.2 Å². The largest absolute Gasteiger partial charge is 0.308 e. The number of hydrogen-bond acceptors (Lipinski definition) is 2. The summed E-state index contributed by atoms with van der Waals surface area (Å²) in [6.07, 6.45) is 3.95. The molecule has 2 aromatic rings. The lowest BCUT2D eigenvalue weighted by Crippen LogP contribution is -2.35. The van der Waals surface area contributed by atoms with Gasteiger partial charge in [0.25, 0.3) is 0 Å². The summed E-state index contributed by atoms with van der Waals surface area (Å²) in [5, 5.41) is 8.85. The molecule has 2 unspecified atom stereocenters. The van der Waals surface area contributed by atoms with Crippen molar-refractivity contribution in [2.75, 3.05) is 6.54 Å². The van der Waals surface area contributed by atoms with Crippen LogP contribution in [0.1, 0.15) is 49.0 Å². The summed E-state index contributed by atoms with van der Waals surface area (Å²) >= 11 is 6.44. The predicted octanol–water partition coefficient (Wildman–Crippen LogP) is 3.94. The minimum atomic E-state index is 0.242. The minimum Gasteiger partial charge on any atom is -0.308 e. The molecular formula is C17H22ClN3. The van der Waals surface area contributed by atoms with E-state index in [-0.39, 0.29) is 6.04 Å². The Labute approximate surface area is 131 Å². The molecule has 0 spiro atoms. The van der Waals surface area contributed by atoms with E-state index in [4.69, 9.17) is 11.6 Å². The average Bonchev–Trinajstić information content (AvgIpc) is 2.81. The number of likely N-dealkylation sites (N-methyl/N-ethyl adjacent to an activating group) is 1. The number of nitrogens with one attached hydrogen (secondary N) is 1. The van der Waals surface area contributed by atoms with Gasteiger partial charge in [-0.2, -0.15) is 5.10 Å². The monoisotopic (exact) mass is 303 g/mol. The Morgan fingerprint density at radius 3 is 2.90 bits per heavy atom. The van der Waals surface area contributed by atoms with Gasteiger partial charge in [-0.3, -0.25) is 4.68 Å². The third-order valence-corrected chi connectivity index (χ3v) is 4.58. The van der Waals surface area contributed by atoms with Crippen LogP contribution in [-0.2, 0) is 13.0 Å². The fourth-order valence-corrected chi connectivity index (χ4v) is 3.57. The summed E-state index contributed by atoms with van der Waals surface area (Å²) in [5.74, 6) is 0.492. The van der Waals surface area contributed by atoms with Crippen LogP contribution < -0.4 is 5.32 Å². The van der Waals surface area contributed by atoms with Gasteiger partial charge in [0.05, 0.1) is 23.0 Å². The first-order valence-electron chi connectivity index (χ1n) is 7.78. The van der Waals surface area contributed by atoms with E-state index in [1.165, 1.54) is 11.1 Å². The second-order valence-electron chi connectivity index (χ2n) is 5.65. The molecule has 1 aliphatic carbocycles. The molecule has 0 saturated heterocycles. The van der Waals surface area contributed by atoms with Crippen molar-refractivity contribution in [3.8, 4) is 0 Å². The van der Waals surface area contributed by atoms with Gasteiger partial charge in [-0.1, -0.05) is 49.7 Å². The molecular weight excluding hydrogens is 282 g/mol. The number of aromatic nitrogens is 2. The fraction of sp³-hybridized carbons (Fsp3) is 0.471. The molecule has 0 fully saturated rings. The number of aryl methyl sites for hydroxylation is 1. The Kier molecular flexibility index (Phi) is 4.32. The van der Waals surface area contributed by atoms with Crippen LogP contribution in [0.15, 0.2) is 30.5 Å². The SMILES string of the molecule is CCCn1ncc(Cl)c1C(NCC)C1Cc2ccccc21. The molecule has 0 bridgehead atoms. The van der Waals surface area contributed by atoms with E-state index in [9.17, 15) is 0 Å². The van der Waals surface area contributed by atoms with Crippen LogP contribution in [0, 0.1) is 0 Å². The lowest BCUT2D eigenvalue weighted by Gasteiger charge is -2.37. The van der Waals surface area contributed by atoms with E-state index in [2.05, 4.69) is 53.2 Å². The van der Waals surface area contributed by atoms with E-state index in [0.717, 1.165) is 36.6 Å². The standard InChI is InChI=1S/C17H22ClN3/c1-3-9-21-17(15(18)11-20-21)16(19-4-2)14-10-12-7-5-6-8-13(12)14/h5-8,11,14,16,19H,3-4,9-10H2,1-2H3. The Bertz CT molecular complexity index is 620. The number of benzene rings is 1. The number of fused-ring (bicyclic) bond motifs is 1. The first kappa shape index (κ1) is 14.6. The third-order valence-electron chi connectivity index (χ3n) is 4.28. The molecule has 4 heteroatoms. The molecule has 0 saturated carbocycles. The van der Waals surface area contributed by atoms with Gasteiger partial charge >= 0.3 is 0 Å². The normalized spacial score (nSPS) is 18.1. The maximum absolute atomic E-state index is 6.44. The Balaban J connectivity index is 1.95. The summed E-state index contributed by atoms with van der Waals surface area (Å²) in [5.41, 5.74) is 4.05. The van der Waals surface area contributed by atoms with Crippen molar-refractivity contribution in [3.05, 3.63) is 52.3 Å². The van der Waals surface area contributed by atoms with Crippen LogP contribution in [0.4, 0.5) is 0 Å². The van der Waals surface area contributed by atoms with Crippen molar-refractivity contribution in [3.63, 3.8) is 0 Å². The topological polar surface area (TPSA) is 29.9 Å². The first-order chi connectivity index (χ1) is 10.3. The molecule has 2 atom stereocenters. The van der Waals surface area contributed by atoms with E-state index in [1.807, 2.05) is 0 Å². The number of hydrogen-bond donors (Lipinski definition) is 1. The van der Waals surface area contributed by atoms with Crippen LogP contribution in [0.3, 0.4) is 0 Å². The molecule has 1 aromatic heterocycles. The van der Waals surface area contributed by atoms with Crippen LogP contribution in [0.5, 0.6) is 0 Å². The lowest BCUT2D eigenvalue weighted by atomic mass is 9.72. The molecule has 3 rings (SSSR count). The Morgan fingerprint density at radius 1 is 1.38 bits per heavy atom. The molecule has 1 heterocycles. The zero-order valence-corrected chi connectivity index (χ0v) is 13.4. The summed E-state index contributed by atoms with van der Waals surface area (Å²) in [6, 6.07) is 8.94. The van der Waals surface area contributed by atoms with Gasteiger partial charge in [0.2, 0.25) is 0 Å². The van der Waals surface area contributed by atoms with Gasteiger partial charge in [0.1, 0.15) is 0 Å². The first-order valence-corrected chi connectivity index (χ1v) is 8.16. The van der Waals surface area contributed by atoms with Crippen LogP contribution >= 0.6 is 11.6 Å².